The van der Waals surface area contributed by atoms with Crippen LogP contribution in [-0.4, -0.2) is 28.2 Å². The molecule has 0 spiro atoms. The van der Waals surface area contributed by atoms with Crippen molar-refractivity contribution in [3.8, 4) is 11.5 Å². The van der Waals surface area contributed by atoms with Gasteiger partial charge < -0.3 is 9.47 Å². The summed E-state index contributed by atoms with van der Waals surface area (Å²) in [5, 5.41) is 13.3. The summed E-state index contributed by atoms with van der Waals surface area (Å²) in [6.45, 7) is 2.18. The Hall–Kier alpha value is -3.65. The molecule has 0 radical (unpaired) electrons. The van der Waals surface area contributed by atoms with Gasteiger partial charge >= 0.3 is 0 Å². The minimum atomic E-state index is -0.301. The molecule has 0 aliphatic heterocycles. The van der Waals surface area contributed by atoms with Gasteiger partial charge in [-0.3, -0.25) is 0 Å². The summed E-state index contributed by atoms with van der Waals surface area (Å²) in [4.78, 5) is 0. The van der Waals surface area contributed by atoms with Crippen molar-refractivity contribution in [3.05, 3.63) is 101 Å². The van der Waals surface area contributed by atoms with Gasteiger partial charge in [0.1, 0.15) is 18.8 Å². The van der Waals surface area contributed by atoms with E-state index < -0.39 is 0 Å². The van der Waals surface area contributed by atoms with Crippen LogP contribution in [0.4, 0.5) is 4.39 Å². The first kappa shape index (κ1) is 22.5. The van der Waals surface area contributed by atoms with E-state index in [1.54, 1.807) is 60.4 Å². The van der Waals surface area contributed by atoms with Crippen molar-refractivity contribution in [2.75, 3.05) is 7.11 Å². The van der Waals surface area contributed by atoms with Crippen LogP contribution >= 0.6 is 11.8 Å². The van der Waals surface area contributed by atoms with Gasteiger partial charge in [0.05, 0.1) is 13.3 Å². The maximum atomic E-state index is 13.8. The zero-order valence-corrected chi connectivity index (χ0v) is 19.1. The van der Waals surface area contributed by atoms with Gasteiger partial charge in [0.25, 0.3) is 0 Å². The molecule has 4 rings (SSSR count). The molecule has 0 bridgehead atoms. The number of methoxy groups -OCH3 is 1. The fourth-order valence-corrected chi connectivity index (χ4v) is 3.83. The number of thioether (sulfide) groups is 1. The summed E-state index contributed by atoms with van der Waals surface area (Å²) >= 11 is 1.56. The van der Waals surface area contributed by atoms with E-state index in [2.05, 4.69) is 46.5 Å². The maximum absolute atomic E-state index is 13.8. The van der Waals surface area contributed by atoms with E-state index in [9.17, 15) is 4.39 Å². The highest BCUT2D eigenvalue weighted by Gasteiger charge is 2.09. The maximum Gasteiger partial charge on any atom is 0.212 e. The van der Waals surface area contributed by atoms with Crippen LogP contribution in [0.3, 0.4) is 0 Å². The topological polar surface area (TPSA) is 61.5 Å². The fraction of sp³-hybridized carbons (Fsp3) is 0.160. The number of rotatable bonds is 9. The molecule has 0 saturated heterocycles. The van der Waals surface area contributed by atoms with Gasteiger partial charge in [0, 0.05) is 11.3 Å². The first-order chi connectivity index (χ1) is 16.1. The zero-order chi connectivity index (χ0) is 23.0. The van der Waals surface area contributed by atoms with E-state index in [1.165, 1.54) is 17.2 Å². The lowest BCUT2D eigenvalue weighted by atomic mass is 10.2. The lowest BCUT2D eigenvalue weighted by Gasteiger charge is -2.11. The van der Waals surface area contributed by atoms with E-state index in [0.717, 1.165) is 11.3 Å². The van der Waals surface area contributed by atoms with Crippen molar-refractivity contribution in [2.24, 2.45) is 5.10 Å². The Morgan fingerprint density at radius 1 is 1.06 bits per heavy atom. The van der Waals surface area contributed by atoms with Crippen LogP contribution in [0.15, 0.2) is 83.3 Å². The second kappa shape index (κ2) is 10.8. The fourth-order valence-electron chi connectivity index (χ4n) is 3.01. The Morgan fingerprint density at radius 3 is 2.67 bits per heavy atom. The van der Waals surface area contributed by atoms with Crippen LogP contribution in [0.2, 0.25) is 0 Å². The number of hydrogen-bond donors (Lipinski definition) is 0. The van der Waals surface area contributed by atoms with Crippen LogP contribution in [0.5, 0.6) is 11.5 Å². The molecule has 0 aliphatic carbocycles. The van der Waals surface area contributed by atoms with Gasteiger partial charge in [-0.1, -0.05) is 59.8 Å². The van der Waals surface area contributed by atoms with Crippen LogP contribution in [0, 0.1) is 12.7 Å². The van der Waals surface area contributed by atoms with E-state index in [1.807, 2.05) is 12.1 Å². The molecule has 0 unspecified atom stereocenters. The van der Waals surface area contributed by atoms with Gasteiger partial charge in [-0.25, -0.2) is 4.39 Å². The van der Waals surface area contributed by atoms with Crippen molar-refractivity contribution in [3.63, 3.8) is 0 Å². The molecule has 4 aromatic rings. The normalized spacial score (nSPS) is 11.1. The Balaban J connectivity index is 1.41. The predicted molar refractivity (Wildman–Crippen MR) is 127 cm³/mol. The lowest BCUT2D eigenvalue weighted by molar-refractivity contribution is 0.279. The number of benzene rings is 3. The van der Waals surface area contributed by atoms with Gasteiger partial charge in [0.2, 0.25) is 5.16 Å². The molecule has 6 nitrogen and oxygen atoms in total. The third-order valence-corrected chi connectivity index (χ3v) is 5.85. The van der Waals surface area contributed by atoms with Gasteiger partial charge in [-0.2, -0.15) is 9.78 Å². The third-order valence-electron chi connectivity index (χ3n) is 4.85. The Morgan fingerprint density at radius 2 is 1.88 bits per heavy atom. The number of aromatic nitrogens is 3. The van der Waals surface area contributed by atoms with Gasteiger partial charge in [0.15, 0.2) is 11.5 Å². The van der Waals surface area contributed by atoms with Crippen LogP contribution < -0.4 is 9.47 Å². The number of nitrogens with zero attached hydrogens (tertiary/aromatic N) is 4. The SMILES string of the molecule is COc1cc(/C=N\n2cnnc2SCc2ccc(C)cc2)ccc1OCc1ccccc1F. The minimum Gasteiger partial charge on any atom is -0.493 e. The van der Waals surface area contributed by atoms with E-state index in [4.69, 9.17) is 9.47 Å². The van der Waals surface area contributed by atoms with Crippen molar-refractivity contribution in [1.29, 1.82) is 0 Å². The molecule has 8 heteroatoms. The van der Waals surface area contributed by atoms with Crippen molar-refractivity contribution in [1.82, 2.24) is 14.9 Å². The highest BCUT2D eigenvalue weighted by Crippen LogP contribution is 2.29. The lowest BCUT2D eigenvalue weighted by Crippen LogP contribution is -2.00. The minimum absolute atomic E-state index is 0.110. The number of ether oxygens (including phenoxy) is 2. The van der Waals surface area contributed by atoms with E-state index in [0.29, 0.717) is 22.2 Å². The first-order valence-electron chi connectivity index (χ1n) is 10.3. The quantitative estimate of drug-likeness (QED) is 0.243. The highest BCUT2D eigenvalue weighted by atomic mass is 32.2. The predicted octanol–water partition coefficient (Wildman–Crippen LogP) is 5.49. The summed E-state index contributed by atoms with van der Waals surface area (Å²) < 4.78 is 26.7. The average molecular weight is 463 g/mol. The monoisotopic (exact) mass is 462 g/mol. The number of aryl methyl sites for hydroxylation is 1. The first-order valence-corrected chi connectivity index (χ1v) is 11.3. The number of hydrogen-bond acceptors (Lipinski definition) is 6. The van der Waals surface area contributed by atoms with Crippen LogP contribution in [-0.2, 0) is 12.4 Å². The molecule has 3 aromatic carbocycles. The molecule has 0 atom stereocenters. The van der Waals surface area contributed by atoms with E-state index >= 15 is 0 Å². The Kier molecular flexibility index (Phi) is 7.36. The smallest absolute Gasteiger partial charge is 0.212 e. The Labute approximate surface area is 196 Å². The summed E-state index contributed by atoms with van der Waals surface area (Å²) in [6.07, 6.45) is 3.26. The molecule has 0 amide bonds. The molecular weight excluding hydrogens is 439 g/mol. The van der Waals surface area contributed by atoms with E-state index in [-0.39, 0.29) is 12.4 Å². The standard InChI is InChI=1S/C25H23FN4O2S/c1-18-7-9-19(10-8-18)16-33-25-29-27-17-30(25)28-14-20-11-12-23(24(13-20)31-2)32-15-21-5-3-4-6-22(21)26/h3-14,17H,15-16H2,1-2H3/b28-14-. The molecule has 168 valence electrons. The van der Waals surface area contributed by atoms with Crippen molar-refractivity contribution >= 4 is 18.0 Å². The molecule has 1 heterocycles. The Bertz CT molecular complexity index is 1240. The molecule has 33 heavy (non-hydrogen) atoms. The molecule has 0 saturated carbocycles. The largest absolute Gasteiger partial charge is 0.493 e. The second-order valence-corrected chi connectivity index (χ2v) is 8.21. The van der Waals surface area contributed by atoms with Crippen LogP contribution in [0.25, 0.3) is 0 Å². The van der Waals surface area contributed by atoms with Gasteiger partial charge in [-0.05, 0) is 42.3 Å². The molecular formula is C25H23FN4O2S. The highest BCUT2D eigenvalue weighted by molar-refractivity contribution is 7.98. The number of halogens is 1. The van der Waals surface area contributed by atoms with Gasteiger partial charge in [-0.15, -0.1) is 10.2 Å². The van der Waals surface area contributed by atoms with Crippen molar-refractivity contribution < 1.29 is 13.9 Å². The molecule has 0 aliphatic rings. The van der Waals surface area contributed by atoms with Crippen molar-refractivity contribution in [2.45, 2.75) is 24.4 Å². The summed E-state index contributed by atoms with van der Waals surface area (Å²) in [7, 11) is 1.56. The zero-order valence-electron chi connectivity index (χ0n) is 18.3. The average Bonchev–Trinajstić information content (AvgIpc) is 3.29. The molecule has 0 fully saturated rings. The summed E-state index contributed by atoms with van der Waals surface area (Å²) in [5.41, 5.74) is 3.73. The molecule has 1 aromatic heterocycles. The summed E-state index contributed by atoms with van der Waals surface area (Å²) in [5.74, 6) is 1.53. The summed E-state index contributed by atoms with van der Waals surface area (Å²) in [6, 6.07) is 20.4. The van der Waals surface area contributed by atoms with Crippen LogP contribution in [0.1, 0.15) is 22.3 Å². The second-order valence-electron chi connectivity index (χ2n) is 7.27. The third kappa shape index (κ3) is 5.98. The molecule has 0 N–H and O–H groups in total.